The number of nitrogens with zero attached hydrogens (tertiary/aromatic N) is 4. The second kappa shape index (κ2) is 7.04. The van der Waals surface area contributed by atoms with Crippen LogP contribution in [0, 0.1) is 0 Å². The highest BCUT2D eigenvalue weighted by molar-refractivity contribution is 6.30. The minimum atomic E-state index is -0.105. The standard InChI is InChI=1S/C20H19ClN4O2/c1-14(26)23-7-9-24(10-8-23)20(27)18-13-25-12-16(5-6-19(25)22-18)15-3-2-4-17(21)11-15/h2-6,11-13H,7-10H2,1H3. The molecule has 2 amide bonds. The highest BCUT2D eigenvalue weighted by atomic mass is 35.5. The first kappa shape index (κ1) is 17.5. The van der Waals surface area contributed by atoms with Crippen LogP contribution in [0.2, 0.25) is 5.02 Å². The summed E-state index contributed by atoms with van der Waals surface area (Å²) in [5, 5.41) is 0.679. The smallest absolute Gasteiger partial charge is 0.274 e. The first-order chi connectivity index (χ1) is 13.0. The van der Waals surface area contributed by atoms with Gasteiger partial charge in [0, 0.05) is 50.5 Å². The molecule has 1 saturated heterocycles. The predicted molar refractivity (Wildman–Crippen MR) is 104 cm³/mol. The number of amides is 2. The lowest BCUT2D eigenvalue weighted by Gasteiger charge is -2.33. The zero-order valence-corrected chi connectivity index (χ0v) is 15.7. The first-order valence-electron chi connectivity index (χ1n) is 8.81. The van der Waals surface area contributed by atoms with Gasteiger partial charge in [0.15, 0.2) is 0 Å². The normalized spacial score (nSPS) is 14.6. The average molecular weight is 383 g/mol. The van der Waals surface area contributed by atoms with E-state index in [1.54, 1.807) is 22.9 Å². The van der Waals surface area contributed by atoms with Crippen molar-refractivity contribution in [3.63, 3.8) is 0 Å². The number of piperazine rings is 1. The maximum Gasteiger partial charge on any atom is 0.274 e. The summed E-state index contributed by atoms with van der Waals surface area (Å²) >= 11 is 6.08. The van der Waals surface area contributed by atoms with E-state index >= 15 is 0 Å². The van der Waals surface area contributed by atoms with Crippen LogP contribution < -0.4 is 0 Å². The van der Waals surface area contributed by atoms with Crippen molar-refractivity contribution in [1.82, 2.24) is 19.2 Å². The zero-order valence-electron chi connectivity index (χ0n) is 14.9. The van der Waals surface area contributed by atoms with Gasteiger partial charge in [-0.3, -0.25) is 9.59 Å². The Balaban J connectivity index is 1.57. The third-order valence-electron chi connectivity index (χ3n) is 4.84. The van der Waals surface area contributed by atoms with Gasteiger partial charge in [0.05, 0.1) is 0 Å². The molecule has 138 valence electrons. The number of pyridine rings is 1. The fourth-order valence-electron chi connectivity index (χ4n) is 3.32. The largest absolute Gasteiger partial charge is 0.339 e. The molecule has 1 aliphatic rings. The molecule has 1 aliphatic heterocycles. The molecular formula is C20H19ClN4O2. The zero-order chi connectivity index (χ0) is 19.0. The van der Waals surface area contributed by atoms with Gasteiger partial charge in [-0.1, -0.05) is 23.7 Å². The Bertz CT molecular complexity index is 1020. The summed E-state index contributed by atoms with van der Waals surface area (Å²) in [6.07, 6.45) is 3.70. The van der Waals surface area contributed by atoms with Crippen LogP contribution in [-0.4, -0.2) is 57.2 Å². The topological polar surface area (TPSA) is 57.9 Å². The number of imidazole rings is 1. The number of carbonyl (C=O) groups excluding carboxylic acids is 2. The molecule has 1 aromatic carbocycles. The van der Waals surface area contributed by atoms with Crippen LogP contribution in [0.5, 0.6) is 0 Å². The van der Waals surface area contributed by atoms with Gasteiger partial charge >= 0.3 is 0 Å². The van der Waals surface area contributed by atoms with Crippen LogP contribution in [-0.2, 0) is 4.79 Å². The summed E-state index contributed by atoms with van der Waals surface area (Å²) in [6.45, 7) is 3.73. The van der Waals surface area contributed by atoms with Gasteiger partial charge in [0.25, 0.3) is 5.91 Å². The second-order valence-corrected chi connectivity index (χ2v) is 7.05. The van der Waals surface area contributed by atoms with Crippen LogP contribution in [0.15, 0.2) is 48.8 Å². The molecule has 0 atom stereocenters. The summed E-state index contributed by atoms with van der Waals surface area (Å²) in [4.78, 5) is 32.2. The maximum atomic E-state index is 12.8. The predicted octanol–water partition coefficient (Wildman–Crippen LogP) is 2.96. The van der Waals surface area contributed by atoms with Crippen molar-refractivity contribution in [3.05, 3.63) is 59.5 Å². The lowest BCUT2D eigenvalue weighted by molar-refractivity contribution is -0.130. The van der Waals surface area contributed by atoms with Crippen molar-refractivity contribution in [2.75, 3.05) is 26.2 Å². The van der Waals surface area contributed by atoms with E-state index in [9.17, 15) is 9.59 Å². The van der Waals surface area contributed by atoms with E-state index in [1.807, 2.05) is 47.0 Å². The van der Waals surface area contributed by atoms with E-state index in [0.717, 1.165) is 11.1 Å². The summed E-state index contributed by atoms with van der Waals surface area (Å²) in [6, 6.07) is 11.5. The Morgan fingerprint density at radius 1 is 0.963 bits per heavy atom. The highest BCUT2D eigenvalue weighted by Gasteiger charge is 2.24. The third-order valence-corrected chi connectivity index (χ3v) is 5.08. The summed E-state index contributed by atoms with van der Waals surface area (Å²) < 4.78 is 1.86. The summed E-state index contributed by atoms with van der Waals surface area (Å²) in [5.74, 6) is -0.0606. The van der Waals surface area contributed by atoms with Crippen LogP contribution in [0.25, 0.3) is 16.8 Å². The molecule has 0 radical (unpaired) electrons. The molecule has 27 heavy (non-hydrogen) atoms. The highest BCUT2D eigenvalue weighted by Crippen LogP contribution is 2.23. The van der Waals surface area contributed by atoms with Crippen molar-refractivity contribution in [2.45, 2.75) is 6.92 Å². The second-order valence-electron chi connectivity index (χ2n) is 6.62. The van der Waals surface area contributed by atoms with Crippen molar-refractivity contribution in [3.8, 4) is 11.1 Å². The number of carbonyl (C=O) groups is 2. The van der Waals surface area contributed by atoms with Gasteiger partial charge in [-0.2, -0.15) is 0 Å². The molecule has 3 aromatic rings. The fourth-order valence-corrected chi connectivity index (χ4v) is 3.51. The summed E-state index contributed by atoms with van der Waals surface area (Å²) in [7, 11) is 0. The van der Waals surface area contributed by atoms with E-state index in [-0.39, 0.29) is 11.8 Å². The van der Waals surface area contributed by atoms with Gasteiger partial charge in [-0.05, 0) is 35.4 Å². The van der Waals surface area contributed by atoms with E-state index in [1.165, 1.54) is 0 Å². The minimum Gasteiger partial charge on any atom is -0.339 e. The van der Waals surface area contributed by atoms with E-state index in [0.29, 0.717) is 42.5 Å². The monoisotopic (exact) mass is 382 g/mol. The Labute approximate surface area is 162 Å². The van der Waals surface area contributed by atoms with Gasteiger partial charge in [0.1, 0.15) is 11.3 Å². The molecular weight excluding hydrogens is 364 g/mol. The molecule has 0 bridgehead atoms. The number of benzene rings is 1. The molecule has 6 nitrogen and oxygen atoms in total. The molecule has 7 heteroatoms. The molecule has 0 aliphatic carbocycles. The quantitative estimate of drug-likeness (QED) is 0.684. The number of hydrogen-bond donors (Lipinski definition) is 0. The molecule has 4 rings (SSSR count). The van der Waals surface area contributed by atoms with Crippen molar-refractivity contribution in [2.24, 2.45) is 0 Å². The molecule has 0 N–H and O–H groups in total. The van der Waals surface area contributed by atoms with Crippen LogP contribution in [0.4, 0.5) is 0 Å². The van der Waals surface area contributed by atoms with Crippen molar-refractivity contribution in [1.29, 1.82) is 0 Å². The van der Waals surface area contributed by atoms with Gasteiger partial charge in [0.2, 0.25) is 5.91 Å². The number of rotatable bonds is 2. The molecule has 0 spiro atoms. The first-order valence-corrected chi connectivity index (χ1v) is 9.18. The Hall–Kier alpha value is -2.86. The molecule has 0 saturated carbocycles. The van der Waals surface area contributed by atoms with Crippen LogP contribution in [0.3, 0.4) is 0 Å². The maximum absolute atomic E-state index is 12.8. The molecule has 1 fully saturated rings. The Morgan fingerprint density at radius 2 is 1.70 bits per heavy atom. The van der Waals surface area contributed by atoms with Gasteiger partial charge in [-0.15, -0.1) is 0 Å². The van der Waals surface area contributed by atoms with Crippen LogP contribution in [0.1, 0.15) is 17.4 Å². The molecule has 2 aromatic heterocycles. The SMILES string of the molecule is CC(=O)N1CCN(C(=O)c2cn3cc(-c4cccc(Cl)c4)ccc3n2)CC1. The number of halogens is 1. The lowest BCUT2D eigenvalue weighted by Crippen LogP contribution is -2.50. The van der Waals surface area contributed by atoms with E-state index < -0.39 is 0 Å². The van der Waals surface area contributed by atoms with Crippen molar-refractivity contribution < 1.29 is 9.59 Å². The van der Waals surface area contributed by atoms with E-state index in [4.69, 9.17) is 11.6 Å². The van der Waals surface area contributed by atoms with Crippen LogP contribution >= 0.6 is 11.6 Å². The van der Waals surface area contributed by atoms with Crippen molar-refractivity contribution >= 4 is 29.1 Å². The molecule has 0 unspecified atom stereocenters. The van der Waals surface area contributed by atoms with Gasteiger partial charge in [-0.25, -0.2) is 4.98 Å². The van der Waals surface area contributed by atoms with E-state index in [2.05, 4.69) is 4.98 Å². The third kappa shape index (κ3) is 3.53. The average Bonchev–Trinajstić information content (AvgIpc) is 3.10. The lowest BCUT2D eigenvalue weighted by atomic mass is 10.1. The Morgan fingerprint density at radius 3 is 2.41 bits per heavy atom. The Kier molecular flexibility index (Phi) is 4.58. The van der Waals surface area contributed by atoms with Gasteiger partial charge < -0.3 is 14.2 Å². The fraction of sp³-hybridized carbons (Fsp3) is 0.250. The number of hydrogen-bond acceptors (Lipinski definition) is 3. The number of fused-ring (bicyclic) bond motifs is 1. The number of aromatic nitrogens is 2. The summed E-state index contributed by atoms with van der Waals surface area (Å²) in [5.41, 5.74) is 3.13. The molecule has 3 heterocycles. The minimum absolute atomic E-state index is 0.0448.